The molecule has 0 unspecified atom stereocenters. The highest BCUT2D eigenvalue weighted by Crippen LogP contribution is 2.35. The second-order valence-corrected chi connectivity index (χ2v) is 6.45. The number of carbonyl (C=O) groups excluding carboxylic acids is 1. The second kappa shape index (κ2) is 7.80. The number of rotatable bonds is 4. The van der Waals surface area contributed by atoms with Gasteiger partial charge in [-0.15, -0.1) is 0 Å². The Morgan fingerprint density at radius 3 is 2.07 bits per heavy atom. The Hall–Kier alpha value is -3.86. The van der Waals surface area contributed by atoms with Gasteiger partial charge in [0.2, 0.25) is 0 Å². The van der Waals surface area contributed by atoms with Gasteiger partial charge in [-0.2, -0.15) is 5.10 Å². The summed E-state index contributed by atoms with van der Waals surface area (Å²) < 4.78 is 0. The zero-order valence-electron chi connectivity index (χ0n) is 15.4. The fourth-order valence-electron chi connectivity index (χ4n) is 3.06. The number of nitrogens with one attached hydrogen (secondary N) is 3. The summed E-state index contributed by atoms with van der Waals surface area (Å²) in [6.45, 7) is 1.96. The van der Waals surface area contributed by atoms with E-state index in [2.05, 4.69) is 20.8 Å². The maximum atomic E-state index is 12.7. The van der Waals surface area contributed by atoms with Gasteiger partial charge in [-0.1, -0.05) is 78.9 Å². The van der Waals surface area contributed by atoms with E-state index >= 15 is 0 Å². The summed E-state index contributed by atoms with van der Waals surface area (Å²) in [5.41, 5.74) is 5.74. The summed E-state index contributed by atoms with van der Waals surface area (Å²) in [7, 11) is 0. The number of nitrogens with zero attached hydrogens (tertiary/aromatic N) is 1. The number of urea groups is 1. The first kappa shape index (κ1) is 17.5. The van der Waals surface area contributed by atoms with Crippen molar-refractivity contribution < 1.29 is 4.79 Å². The topological polar surface area (TPSA) is 69.8 Å². The molecule has 0 bridgehead atoms. The Morgan fingerprint density at radius 1 is 0.786 bits per heavy atom. The SMILES string of the molecule is Cc1ccccc1NC(=O)Nc1c(-c2ccccc2)n[nH]c1-c1ccccc1. The van der Waals surface area contributed by atoms with Gasteiger partial charge in [0.25, 0.3) is 0 Å². The maximum absolute atomic E-state index is 12.7. The van der Waals surface area contributed by atoms with E-state index in [4.69, 9.17) is 0 Å². The predicted molar refractivity (Wildman–Crippen MR) is 113 cm³/mol. The van der Waals surface area contributed by atoms with Crippen molar-refractivity contribution in [2.75, 3.05) is 10.6 Å². The average molecular weight is 368 g/mol. The highest BCUT2D eigenvalue weighted by atomic mass is 16.2. The van der Waals surface area contributed by atoms with Crippen molar-refractivity contribution in [1.82, 2.24) is 10.2 Å². The van der Waals surface area contributed by atoms with Crippen LogP contribution >= 0.6 is 0 Å². The van der Waals surface area contributed by atoms with E-state index < -0.39 is 0 Å². The van der Waals surface area contributed by atoms with Gasteiger partial charge in [0.15, 0.2) is 0 Å². The third-order valence-corrected chi connectivity index (χ3v) is 4.51. The first-order chi connectivity index (χ1) is 13.7. The van der Waals surface area contributed by atoms with E-state index in [1.165, 1.54) is 0 Å². The predicted octanol–water partition coefficient (Wildman–Crippen LogP) is 5.70. The third-order valence-electron chi connectivity index (χ3n) is 4.51. The molecule has 0 aliphatic rings. The van der Waals surface area contributed by atoms with Crippen LogP contribution in [0.2, 0.25) is 0 Å². The minimum absolute atomic E-state index is 0.315. The monoisotopic (exact) mass is 368 g/mol. The van der Waals surface area contributed by atoms with Crippen molar-refractivity contribution in [2.45, 2.75) is 6.92 Å². The minimum atomic E-state index is -0.315. The summed E-state index contributed by atoms with van der Waals surface area (Å²) in [5, 5.41) is 13.5. The van der Waals surface area contributed by atoms with Crippen LogP contribution < -0.4 is 10.6 Å². The fourth-order valence-corrected chi connectivity index (χ4v) is 3.06. The summed E-state index contributed by atoms with van der Waals surface area (Å²) in [6, 6.07) is 27.0. The quantitative estimate of drug-likeness (QED) is 0.433. The van der Waals surface area contributed by atoms with Crippen LogP contribution in [0.4, 0.5) is 16.2 Å². The molecular formula is C23H20N4O. The van der Waals surface area contributed by atoms with Crippen LogP contribution in [0, 0.1) is 6.92 Å². The highest BCUT2D eigenvalue weighted by Gasteiger charge is 2.18. The number of H-pyrrole nitrogens is 1. The molecule has 3 aromatic carbocycles. The van der Waals surface area contributed by atoms with Crippen LogP contribution in [-0.4, -0.2) is 16.2 Å². The van der Waals surface area contributed by atoms with Gasteiger partial charge in [0.05, 0.1) is 11.4 Å². The third kappa shape index (κ3) is 3.64. The number of aryl methyl sites for hydroxylation is 1. The molecule has 5 heteroatoms. The van der Waals surface area contributed by atoms with Crippen LogP contribution in [0.25, 0.3) is 22.5 Å². The molecular weight excluding hydrogens is 348 g/mol. The molecule has 138 valence electrons. The smallest absolute Gasteiger partial charge is 0.307 e. The molecule has 0 atom stereocenters. The standard InChI is InChI=1S/C23H20N4O/c1-16-10-8-9-15-19(16)24-23(28)25-22-20(17-11-4-2-5-12-17)26-27-21(22)18-13-6-3-7-14-18/h2-15H,1H3,(H,26,27)(H2,24,25,28). The van der Waals surface area contributed by atoms with E-state index in [0.717, 1.165) is 28.1 Å². The molecule has 5 nitrogen and oxygen atoms in total. The summed E-state index contributed by atoms with van der Waals surface area (Å²) >= 11 is 0. The zero-order valence-corrected chi connectivity index (χ0v) is 15.4. The Morgan fingerprint density at radius 2 is 1.39 bits per heavy atom. The van der Waals surface area contributed by atoms with E-state index in [0.29, 0.717) is 11.4 Å². The van der Waals surface area contributed by atoms with Gasteiger partial charge in [0.1, 0.15) is 5.69 Å². The van der Waals surface area contributed by atoms with Crippen LogP contribution in [0.3, 0.4) is 0 Å². The molecule has 0 spiro atoms. The number of hydrogen-bond acceptors (Lipinski definition) is 2. The maximum Gasteiger partial charge on any atom is 0.323 e. The molecule has 4 aromatic rings. The fraction of sp³-hybridized carbons (Fsp3) is 0.0435. The number of benzene rings is 3. The molecule has 0 aliphatic heterocycles. The molecule has 1 aromatic heterocycles. The average Bonchev–Trinajstić information content (AvgIpc) is 3.14. The van der Waals surface area contributed by atoms with E-state index in [-0.39, 0.29) is 6.03 Å². The van der Waals surface area contributed by atoms with Crippen molar-refractivity contribution >= 4 is 17.4 Å². The zero-order chi connectivity index (χ0) is 19.3. The number of aromatic nitrogens is 2. The van der Waals surface area contributed by atoms with Crippen molar-refractivity contribution in [3.05, 3.63) is 90.5 Å². The number of amides is 2. The minimum Gasteiger partial charge on any atom is -0.307 e. The van der Waals surface area contributed by atoms with Crippen LogP contribution in [0.1, 0.15) is 5.56 Å². The molecule has 1 heterocycles. The lowest BCUT2D eigenvalue weighted by Crippen LogP contribution is -2.20. The van der Waals surface area contributed by atoms with Gasteiger partial charge in [-0.3, -0.25) is 5.10 Å². The van der Waals surface area contributed by atoms with Crippen LogP contribution in [0.15, 0.2) is 84.9 Å². The van der Waals surface area contributed by atoms with Crippen molar-refractivity contribution in [3.8, 4) is 22.5 Å². The molecule has 3 N–H and O–H groups in total. The molecule has 0 radical (unpaired) electrons. The Bertz CT molecular complexity index is 1030. The van der Waals surface area contributed by atoms with E-state index in [1.54, 1.807) is 0 Å². The number of aromatic amines is 1. The molecule has 0 aliphatic carbocycles. The van der Waals surface area contributed by atoms with E-state index in [1.807, 2.05) is 91.9 Å². The number of anilines is 2. The van der Waals surface area contributed by atoms with Crippen molar-refractivity contribution in [2.24, 2.45) is 0 Å². The van der Waals surface area contributed by atoms with Gasteiger partial charge in [-0.05, 0) is 18.6 Å². The van der Waals surface area contributed by atoms with Crippen LogP contribution in [0.5, 0.6) is 0 Å². The lowest BCUT2D eigenvalue weighted by molar-refractivity contribution is 0.262. The first-order valence-electron chi connectivity index (χ1n) is 9.05. The van der Waals surface area contributed by atoms with Gasteiger partial charge in [0, 0.05) is 16.8 Å². The summed E-state index contributed by atoms with van der Waals surface area (Å²) in [6.07, 6.45) is 0. The van der Waals surface area contributed by atoms with Gasteiger partial charge in [-0.25, -0.2) is 4.79 Å². The first-order valence-corrected chi connectivity index (χ1v) is 9.05. The Kier molecular flexibility index (Phi) is 4.89. The number of para-hydroxylation sites is 1. The van der Waals surface area contributed by atoms with Crippen LogP contribution in [-0.2, 0) is 0 Å². The molecule has 4 rings (SSSR count). The van der Waals surface area contributed by atoms with Gasteiger partial charge < -0.3 is 10.6 Å². The Balaban J connectivity index is 1.70. The molecule has 0 fully saturated rings. The summed E-state index contributed by atoms with van der Waals surface area (Å²) in [5.74, 6) is 0. The molecule has 2 amide bonds. The number of hydrogen-bond donors (Lipinski definition) is 3. The highest BCUT2D eigenvalue weighted by molar-refractivity contribution is 6.05. The van der Waals surface area contributed by atoms with Crippen molar-refractivity contribution in [1.29, 1.82) is 0 Å². The molecule has 0 saturated carbocycles. The number of carbonyl (C=O) groups is 1. The second-order valence-electron chi connectivity index (χ2n) is 6.45. The van der Waals surface area contributed by atoms with Crippen molar-refractivity contribution in [3.63, 3.8) is 0 Å². The lowest BCUT2D eigenvalue weighted by Gasteiger charge is -2.11. The lowest BCUT2D eigenvalue weighted by atomic mass is 10.1. The van der Waals surface area contributed by atoms with E-state index in [9.17, 15) is 4.79 Å². The largest absolute Gasteiger partial charge is 0.323 e. The normalized spacial score (nSPS) is 10.5. The Labute approximate surface area is 163 Å². The molecule has 28 heavy (non-hydrogen) atoms. The van der Waals surface area contributed by atoms with Gasteiger partial charge >= 0.3 is 6.03 Å². The summed E-state index contributed by atoms with van der Waals surface area (Å²) in [4.78, 5) is 12.7. The molecule has 0 saturated heterocycles.